The summed E-state index contributed by atoms with van der Waals surface area (Å²) in [4.78, 5) is 8.25. The molecule has 0 aromatic rings. The molecule has 3 nitrogen and oxygen atoms in total. The molecule has 0 amide bonds. The second-order valence-corrected chi connectivity index (χ2v) is 2.31. The molecular weight excluding hydrogens is 205 g/mol. The van der Waals surface area contributed by atoms with Gasteiger partial charge in [-0.2, -0.15) is 0 Å². The molecule has 0 unspecified atom stereocenters. The van der Waals surface area contributed by atoms with E-state index in [0.717, 1.165) is 0 Å². The molecule has 6 heteroatoms. The Hall–Kier alpha value is 0.624. The van der Waals surface area contributed by atoms with Gasteiger partial charge in [0, 0.05) is 6.47 Å². The van der Waals surface area contributed by atoms with E-state index in [0.29, 0.717) is 0 Å². The fraction of sp³-hybridized carbons (Fsp3) is 0.667. The summed E-state index contributed by atoms with van der Waals surface area (Å²) < 4.78 is 1.86. The Kier molecular flexibility index (Phi) is 28.7. The summed E-state index contributed by atoms with van der Waals surface area (Å²) in [6.07, 6.45) is 0. The monoisotopic (exact) mass is 211 g/mol. The van der Waals surface area contributed by atoms with E-state index in [2.05, 4.69) is 11.7 Å². The molecule has 58 valence electrons. The van der Waals surface area contributed by atoms with Gasteiger partial charge in [-0.05, 0) is 14.1 Å². The second-order valence-electron chi connectivity index (χ2n) is 0.983. The molecule has 0 atom stereocenters. The summed E-state index contributed by atoms with van der Waals surface area (Å²) in [6, 6.07) is 0. The maximum absolute atomic E-state index is 8.25. The number of hydrogen-bond acceptors (Lipinski definition) is 5. The standard InChI is InChI=1S/C2H7NS2.CH2O2.Ni/c1-3(2)5-4;2-1-3;/h4H,1-2H3;1H,(H,2,3);/q;;+2/p-2. The average molecular weight is 212 g/mol. The molecule has 0 bridgehead atoms. The zero-order valence-corrected chi connectivity index (χ0v) is 7.59. The van der Waals surface area contributed by atoms with Crippen LogP contribution in [0.2, 0.25) is 0 Å². The Labute approximate surface area is 74.1 Å². The molecule has 0 aromatic heterocycles. The largest absolute Gasteiger partial charge is 2.00 e. The fourth-order valence-electron chi connectivity index (χ4n) is 0. The van der Waals surface area contributed by atoms with Crippen LogP contribution in [-0.4, -0.2) is 24.9 Å². The first-order valence-corrected chi connectivity index (χ1v) is 3.41. The van der Waals surface area contributed by atoms with E-state index in [1.54, 1.807) is 0 Å². The van der Waals surface area contributed by atoms with Crippen molar-refractivity contribution in [1.82, 2.24) is 4.31 Å². The van der Waals surface area contributed by atoms with Crippen molar-refractivity contribution in [3.63, 3.8) is 0 Å². The van der Waals surface area contributed by atoms with Gasteiger partial charge in [0.25, 0.3) is 0 Å². The van der Waals surface area contributed by atoms with E-state index >= 15 is 0 Å². The van der Waals surface area contributed by atoms with Crippen LogP contribution < -0.4 is 5.11 Å². The van der Waals surface area contributed by atoms with Crippen molar-refractivity contribution in [1.29, 1.82) is 0 Å². The molecular formula is C3H7NNiO2S2. The number of carboxylic acid groups (broad SMARTS) is 1. The first kappa shape index (κ1) is 16.3. The van der Waals surface area contributed by atoms with Crippen molar-refractivity contribution in [2.24, 2.45) is 0 Å². The van der Waals surface area contributed by atoms with Crippen molar-refractivity contribution in [3.05, 3.63) is 0 Å². The van der Waals surface area contributed by atoms with Crippen LogP contribution in [0.3, 0.4) is 0 Å². The number of rotatable bonds is 1. The average Bonchev–Trinajstić information content (AvgIpc) is 1.69. The summed E-state index contributed by atoms with van der Waals surface area (Å²) in [6.45, 7) is -0.500. The van der Waals surface area contributed by atoms with Gasteiger partial charge in [0.05, 0.1) is 0 Å². The predicted molar refractivity (Wildman–Crippen MR) is 34.7 cm³/mol. The molecule has 0 N–H and O–H groups in total. The zero-order chi connectivity index (χ0) is 6.99. The van der Waals surface area contributed by atoms with Gasteiger partial charge in [-0.3, -0.25) is 15.3 Å². The van der Waals surface area contributed by atoms with Gasteiger partial charge >= 0.3 is 16.5 Å². The van der Waals surface area contributed by atoms with Crippen molar-refractivity contribution in [3.8, 4) is 0 Å². The third-order valence-electron chi connectivity index (χ3n) is 0.149. The molecule has 9 heavy (non-hydrogen) atoms. The summed E-state index contributed by atoms with van der Waals surface area (Å²) in [5.74, 6) is 0. The second kappa shape index (κ2) is 15.8. The Morgan fingerprint density at radius 2 is 1.78 bits per heavy atom. The van der Waals surface area contributed by atoms with E-state index in [9.17, 15) is 0 Å². The van der Waals surface area contributed by atoms with Crippen LogP contribution in [0.1, 0.15) is 0 Å². The number of carbonyl (C=O) groups is 1. The van der Waals surface area contributed by atoms with Crippen molar-refractivity contribution >= 4 is 29.1 Å². The van der Waals surface area contributed by atoms with Crippen LogP contribution in [0.25, 0.3) is 0 Å². The summed E-state index contributed by atoms with van der Waals surface area (Å²) in [7, 11) is 5.12. The Balaban J connectivity index is -0.0000000800. The minimum atomic E-state index is -0.500. The number of nitrogens with zero attached hydrogens (tertiary/aromatic N) is 1. The van der Waals surface area contributed by atoms with Gasteiger partial charge in [0.2, 0.25) is 0 Å². The van der Waals surface area contributed by atoms with Crippen molar-refractivity contribution in [2.45, 2.75) is 0 Å². The first-order chi connectivity index (χ1) is 3.68. The minimum absolute atomic E-state index is 0. The van der Waals surface area contributed by atoms with Crippen LogP contribution in [0.4, 0.5) is 0 Å². The summed E-state index contributed by atoms with van der Waals surface area (Å²) in [5.41, 5.74) is 0. The molecule has 0 aliphatic heterocycles. The normalized spacial score (nSPS) is 6.67. The first-order valence-electron chi connectivity index (χ1n) is 1.72. The summed E-state index contributed by atoms with van der Waals surface area (Å²) >= 11 is 4.52. The van der Waals surface area contributed by atoms with E-state index in [4.69, 9.17) is 9.90 Å². The molecule has 0 saturated carbocycles. The Bertz CT molecular complexity index is 55.1. The van der Waals surface area contributed by atoms with Crippen LogP contribution in [0.15, 0.2) is 0 Å². The minimum Gasteiger partial charge on any atom is -0.702 e. The molecule has 0 heterocycles. The quantitative estimate of drug-likeness (QED) is 0.184. The topological polar surface area (TPSA) is 43.4 Å². The van der Waals surface area contributed by atoms with Crippen molar-refractivity contribution in [2.75, 3.05) is 14.1 Å². The molecule has 0 spiro atoms. The fourth-order valence-corrected chi connectivity index (χ4v) is 0. The Morgan fingerprint density at radius 1 is 1.67 bits per heavy atom. The third-order valence-corrected chi connectivity index (χ3v) is 1.34. The molecule has 0 saturated heterocycles. The third kappa shape index (κ3) is 55.0. The van der Waals surface area contributed by atoms with Gasteiger partial charge in [0.15, 0.2) is 0 Å². The maximum Gasteiger partial charge on any atom is 2.00 e. The smallest absolute Gasteiger partial charge is 0.702 e. The van der Waals surface area contributed by atoms with E-state index in [1.807, 2.05) is 18.4 Å². The molecule has 0 fully saturated rings. The maximum atomic E-state index is 8.25. The van der Waals surface area contributed by atoms with E-state index < -0.39 is 6.47 Å². The van der Waals surface area contributed by atoms with Gasteiger partial charge < -0.3 is 21.6 Å². The Morgan fingerprint density at radius 3 is 1.78 bits per heavy atom. The number of hydrogen-bond donors (Lipinski definition) is 0. The van der Waals surface area contributed by atoms with Gasteiger partial charge in [-0.1, -0.05) is 0 Å². The molecule has 0 radical (unpaired) electrons. The van der Waals surface area contributed by atoms with Gasteiger partial charge in [-0.15, -0.1) is 0 Å². The summed E-state index contributed by atoms with van der Waals surface area (Å²) in [5, 5.41) is 8.25. The van der Waals surface area contributed by atoms with E-state index in [-0.39, 0.29) is 16.5 Å². The van der Waals surface area contributed by atoms with Gasteiger partial charge in [-0.25, -0.2) is 0 Å². The van der Waals surface area contributed by atoms with Crippen LogP contribution in [0.5, 0.6) is 0 Å². The molecule has 0 aromatic carbocycles. The SMILES string of the molecule is CN(C)S[S-].O=C[O-].[Ni+2]. The van der Waals surface area contributed by atoms with Gasteiger partial charge in [0.1, 0.15) is 0 Å². The van der Waals surface area contributed by atoms with E-state index in [1.165, 1.54) is 11.0 Å². The molecule has 0 aliphatic rings. The van der Waals surface area contributed by atoms with Crippen molar-refractivity contribution < 1.29 is 26.4 Å². The molecule has 0 aliphatic carbocycles. The van der Waals surface area contributed by atoms with Crippen LogP contribution >= 0.6 is 11.0 Å². The zero-order valence-electron chi connectivity index (χ0n) is 4.97. The van der Waals surface area contributed by atoms with Crippen LogP contribution in [0, 0.1) is 0 Å². The van der Waals surface area contributed by atoms with Crippen LogP contribution in [-0.2, 0) is 32.9 Å². The number of carbonyl (C=O) groups excluding carboxylic acids is 1. The molecule has 0 rings (SSSR count). The predicted octanol–water partition coefficient (Wildman–Crippen LogP) is -0.978.